The van der Waals surface area contributed by atoms with E-state index in [0.29, 0.717) is 28.0 Å². The summed E-state index contributed by atoms with van der Waals surface area (Å²) in [6.45, 7) is 1.96. The highest BCUT2D eigenvalue weighted by molar-refractivity contribution is 7.99. The van der Waals surface area contributed by atoms with Crippen molar-refractivity contribution >= 4 is 35.0 Å². The zero-order valence-corrected chi connectivity index (χ0v) is 15.7. The molecule has 0 amide bonds. The molecule has 3 rings (SSSR count). The van der Waals surface area contributed by atoms with Crippen LogP contribution in [0.25, 0.3) is 17.1 Å². The SMILES string of the molecule is Cc1ccc(-n2c(SCCC#N)nnc2-c2ccc(Cl)cc2)cc1Cl. The van der Waals surface area contributed by atoms with E-state index in [-0.39, 0.29) is 0 Å². The Hall–Kier alpha value is -2.00. The Morgan fingerprint density at radius 1 is 1.12 bits per heavy atom. The Morgan fingerprint density at radius 2 is 1.88 bits per heavy atom. The molecule has 4 nitrogen and oxygen atoms in total. The predicted octanol–water partition coefficient (Wildman–Crippen LogP) is 5.56. The van der Waals surface area contributed by atoms with Crippen molar-refractivity contribution in [3.8, 4) is 23.1 Å². The number of nitrogens with zero attached hydrogens (tertiary/aromatic N) is 4. The minimum absolute atomic E-state index is 0.447. The molecule has 0 aliphatic rings. The van der Waals surface area contributed by atoms with Crippen molar-refractivity contribution in [2.24, 2.45) is 0 Å². The van der Waals surface area contributed by atoms with E-state index in [0.717, 1.165) is 22.0 Å². The molecule has 0 unspecified atom stereocenters. The molecule has 0 fully saturated rings. The van der Waals surface area contributed by atoms with Crippen LogP contribution in [-0.2, 0) is 0 Å². The maximum Gasteiger partial charge on any atom is 0.196 e. The lowest BCUT2D eigenvalue weighted by Gasteiger charge is -2.11. The van der Waals surface area contributed by atoms with Crippen molar-refractivity contribution in [3.05, 3.63) is 58.1 Å². The van der Waals surface area contributed by atoms with Gasteiger partial charge in [-0.25, -0.2) is 0 Å². The quantitative estimate of drug-likeness (QED) is 0.424. The van der Waals surface area contributed by atoms with Crippen molar-refractivity contribution in [2.75, 3.05) is 5.75 Å². The number of hydrogen-bond acceptors (Lipinski definition) is 4. The molecular formula is C18H14Cl2N4S. The van der Waals surface area contributed by atoms with Crippen LogP contribution in [0, 0.1) is 18.3 Å². The minimum atomic E-state index is 0.447. The highest BCUT2D eigenvalue weighted by Gasteiger charge is 2.16. The molecule has 0 N–H and O–H groups in total. The van der Waals surface area contributed by atoms with Crippen LogP contribution >= 0.6 is 35.0 Å². The summed E-state index contributed by atoms with van der Waals surface area (Å²) >= 11 is 13.8. The van der Waals surface area contributed by atoms with E-state index in [2.05, 4.69) is 16.3 Å². The van der Waals surface area contributed by atoms with Gasteiger partial charge < -0.3 is 0 Å². The van der Waals surface area contributed by atoms with Crippen molar-refractivity contribution in [2.45, 2.75) is 18.5 Å². The summed E-state index contributed by atoms with van der Waals surface area (Å²) in [4.78, 5) is 0. The molecule has 0 atom stereocenters. The Labute approximate surface area is 160 Å². The molecule has 0 aliphatic heterocycles. The molecule has 0 radical (unpaired) electrons. The fourth-order valence-corrected chi connectivity index (χ4v) is 3.39. The Balaban J connectivity index is 2.10. The van der Waals surface area contributed by atoms with Gasteiger partial charge in [0, 0.05) is 27.8 Å². The molecule has 1 heterocycles. The second-order valence-corrected chi connectivity index (χ2v) is 7.24. The molecule has 7 heteroatoms. The molecule has 3 aromatic rings. The molecule has 126 valence electrons. The standard InChI is InChI=1S/C18H14Cl2N4S/c1-12-3-8-15(11-16(12)20)24-17(13-4-6-14(19)7-5-13)22-23-18(24)25-10-2-9-21/h3-8,11H,2,10H2,1H3. The highest BCUT2D eigenvalue weighted by atomic mass is 35.5. The van der Waals surface area contributed by atoms with Gasteiger partial charge in [-0.2, -0.15) is 5.26 Å². The molecule has 2 aromatic carbocycles. The maximum absolute atomic E-state index is 8.77. The number of halogens is 2. The highest BCUT2D eigenvalue weighted by Crippen LogP contribution is 2.30. The van der Waals surface area contributed by atoms with Crippen LogP contribution in [0.4, 0.5) is 0 Å². The number of hydrogen-bond donors (Lipinski definition) is 0. The first-order valence-corrected chi connectivity index (χ1v) is 9.32. The first kappa shape index (κ1) is 17.8. The van der Waals surface area contributed by atoms with Crippen molar-refractivity contribution in [3.63, 3.8) is 0 Å². The van der Waals surface area contributed by atoms with E-state index in [1.54, 1.807) is 0 Å². The average Bonchev–Trinajstić information content (AvgIpc) is 3.02. The smallest absolute Gasteiger partial charge is 0.196 e. The van der Waals surface area contributed by atoms with Crippen LogP contribution in [-0.4, -0.2) is 20.5 Å². The Bertz CT molecular complexity index is 929. The summed E-state index contributed by atoms with van der Waals surface area (Å²) in [5.74, 6) is 1.35. The van der Waals surface area contributed by atoms with Gasteiger partial charge in [-0.1, -0.05) is 41.0 Å². The molecule has 0 aliphatic carbocycles. The van der Waals surface area contributed by atoms with Gasteiger partial charge in [0.1, 0.15) is 0 Å². The third-order valence-corrected chi connectivity index (χ3v) is 5.18. The zero-order valence-electron chi connectivity index (χ0n) is 13.4. The number of aromatic nitrogens is 3. The van der Waals surface area contributed by atoms with Crippen molar-refractivity contribution in [1.82, 2.24) is 14.8 Å². The monoisotopic (exact) mass is 388 g/mol. The number of aryl methyl sites for hydroxylation is 1. The minimum Gasteiger partial charge on any atom is -0.270 e. The van der Waals surface area contributed by atoms with Crippen LogP contribution < -0.4 is 0 Å². The number of rotatable bonds is 5. The first-order valence-electron chi connectivity index (χ1n) is 7.58. The second-order valence-electron chi connectivity index (χ2n) is 5.34. The van der Waals surface area contributed by atoms with Crippen LogP contribution in [0.2, 0.25) is 10.0 Å². The van der Waals surface area contributed by atoms with Crippen LogP contribution in [0.5, 0.6) is 0 Å². The van der Waals surface area contributed by atoms with E-state index in [9.17, 15) is 0 Å². The van der Waals surface area contributed by atoms with Gasteiger partial charge in [-0.05, 0) is 48.9 Å². The molecular weight excluding hydrogens is 375 g/mol. The lowest BCUT2D eigenvalue weighted by molar-refractivity contribution is 0.885. The predicted molar refractivity (Wildman–Crippen MR) is 103 cm³/mol. The summed E-state index contributed by atoms with van der Waals surface area (Å²) in [5, 5.41) is 19.5. The molecule has 0 saturated heterocycles. The van der Waals surface area contributed by atoms with E-state index < -0.39 is 0 Å². The topological polar surface area (TPSA) is 54.5 Å². The van der Waals surface area contributed by atoms with E-state index in [1.807, 2.05) is 54.0 Å². The van der Waals surface area contributed by atoms with E-state index in [1.165, 1.54) is 11.8 Å². The van der Waals surface area contributed by atoms with Gasteiger partial charge in [0.2, 0.25) is 0 Å². The van der Waals surface area contributed by atoms with Crippen LogP contribution in [0.3, 0.4) is 0 Å². The van der Waals surface area contributed by atoms with Crippen LogP contribution in [0.1, 0.15) is 12.0 Å². The zero-order chi connectivity index (χ0) is 17.8. The van der Waals surface area contributed by atoms with E-state index >= 15 is 0 Å². The average molecular weight is 389 g/mol. The van der Waals surface area contributed by atoms with Gasteiger partial charge >= 0.3 is 0 Å². The maximum atomic E-state index is 8.77. The molecule has 0 spiro atoms. The van der Waals surface area contributed by atoms with Gasteiger partial charge in [0.25, 0.3) is 0 Å². The summed E-state index contributed by atoms with van der Waals surface area (Å²) < 4.78 is 1.95. The van der Waals surface area contributed by atoms with Gasteiger partial charge in [0.05, 0.1) is 11.8 Å². The van der Waals surface area contributed by atoms with Gasteiger partial charge in [-0.3, -0.25) is 4.57 Å². The summed E-state index contributed by atoms with van der Waals surface area (Å²) in [6.07, 6.45) is 0.447. The Morgan fingerprint density at radius 3 is 2.56 bits per heavy atom. The van der Waals surface area contributed by atoms with Gasteiger partial charge in [0.15, 0.2) is 11.0 Å². The van der Waals surface area contributed by atoms with Crippen molar-refractivity contribution < 1.29 is 0 Å². The number of thioether (sulfide) groups is 1. The molecule has 1 aromatic heterocycles. The molecule has 0 bridgehead atoms. The first-order chi connectivity index (χ1) is 12.1. The summed E-state index contributed by atoms with van der Waals surface area (Å²) in [6, 6.07) is 15.4. The second kappa shape index (κ2) is 7.92. The molecule has 0 saturated carbocycles. The number of benzene rings is 2. The fraction of sp³-hybridized carbons (Fsp3) is 0.167. The third kappa shape index (κ3) is 3.98. The largest absolute Gasteiger partial charge is 0.270 e. The van der Waals surface area contributed by atoms with Crippen molar-refractivity contribution in [1.29, 1.82) is 5.26 Å². The summed E-state index contributed by atoms with van der Waals surface area (Å²) in [5.41, 5.74) is 2.79. The fourth-order valence-electron chi connectivity index (χ4n) is 2.29. The van der Waals surface area contributed by atoms with E-state index in [4.69, 9.17) is 28.5 Å². The normalized spacial score (nSPS) is 10.6. The Kier molecular flexibility index (Phi) is 5.64. The lowest BCUT2D eigenvalue weighted by atomic mass is 10.2. The summed E-state index contributed by atoms with van der Waals surface area (Å²) in [7, 11) is 0. The lowest BCUT2D eigenvalue weighted by Crippen LogP contribution is -2.00. The number of nitriles is 1. The van der Waals surface area contributed by atoms with Gasteiger partial charge in [-0.15, -0.1) is 10.2 Å². The van der Waals surface area contributed by atoms with Crippen LogP contribution in [0.15, 0.2) is 47.6 Å². The molecule has 25 heavy (non-hydrogen) atoms. The third-order valence-electron chi connectivity index (χ3n) is 3.59.